The molecule has 2 heterocycles. The number of anilines is 1. The van der Waals surface area contributed by atoms with Crippen LogP contribution in [0.25, 0.3) is 22.1 Å². The van der Waals surface area contributed by atoms with Crippen molar-refractivity contribution in [3.63, 3.8) is 0 Å². The van der Waals surface area contributed by atoms with Crippen molar-refractivity contribution in [3.05, 3.63) is 120 Å². The molecule has 2 amide bonds. The summed E-state index contributed by atoms with van der Waals surface area (Å²) >= 11 is 0. The van der Waals surface area contributed by atoms with E-state index in [0.29, 0.717) is 36.5 Å². The maximum Gasteiger partial charge on any atom is 0.262 e. The number of para-hydroxylation sites is 1. The highest BCUT2D eigenvalue weighted by atomic mass is 16.5. The van der Waals surface area contributed by atoms with Crippen LogP contribution in [0.15, 0.2) is 108 Å². The van der Waals surface area contributed by atoms with Gasteiger partial charge in [-0.15, -0.1) is 0 Å². The zero-order valence-electron chi connectivity index (χ0n) is 20.7. The Hall–Kier alpha value is -4.84. The Kier molecular flexibility index (Phi) is 6.36. The van der Waals surface area contributed by atoms with E-state index in [-0.39, 0.29) is 18.4 Å². The summed E-state index contributed by atoms with van der Waals surface area (Å²) in [6.07, 6.45) is 0.671. The second kappa shape index (κ2) is 10.3. The van der Waals surface area contributed by atoms with Gasteiger partial charge in [-0.05, 0) is 65.4 Å². The van der Waals surface area contributed by atoms with Crippen molar-refractivity contribution in [3.8, 4) is 17.1 Å². The maximum absolute atomic E-state index is 13.2. The summed E-state index contributed by atoms with van der Waals surface area (Å²) in [6.45, 7) is 1.06. The van der Waals surface area contributed by atoms with E-state index in [4.69, 9.17) is 9.15 Å². The van der Waals surface area contributed by atoms with Crippen LogP contribution in [0.1, 0.15) is 21.7 Å². The molecule has 6 heteroatoms. The molecule has 4 aromatic carbocycles. The number of rotatable bonds is 6. The van der Waals surface area contributed by atoms with Crippen molar-refractivity contribution in [1.82, 2.24) is 4.90 Å². The molecule has 1 N–H and O–H groups in total. The van der Waals surface area contributed by atoms with Gasteiger partial charge in [-0.1, -0.05) is 48.5 Å². The molecule has 6 rings (SSSR count). The van der Waals surface area contributed by atoms with Crippen LogP contribution >= 0.6 is 0 Å². The van der Waals surface area contributed by atoms with Gasteiger partial charge in [0.1, 0.15) is 17.3 Å². The first kappa shape index (κ1) is 23.6. The van der Waals surface area contributed by atoms with E-state index in [1.165, 1.54) is 0 Å². The molecule has 0 unspecified atom stereocenters. The lowest BCUT2D eigenvalue weighted by Crippen LogP contribution is -2.35. The predicted molar refractivity (Wildman–Crippen MR) is 147 cm³/mol. The number of hydrogen-bond donors (Lipinski definition) is 1. The van der Waals surface area contributed by atoms with Crippen LogP contribution in [-0.4, -0.2) is 29.9 Å². The minimum atomic E-state index is -0.230. The standard InChI is InChI=1S/C32H26N2O4/c35-31(21-37-28-8-2-1-3-9-28)33-27-14-12-23(13-15-27)30-19-26-20-34(17-16-29(26)38-30)32(36)25-11-10-22-6-4-5-7-24(22)18-25/h1-15,18-19H,16-17,20-21H2,(H,33,35). The number of benzene rings is 4. The first-order valence-corrected chi connectivity index (χ1v) is 12.6. The number of ether oxygens (including phenoxy) is 1. The van der Waals surface area contributed by atoms with E-state index in [9.17, 15) is 9.59 Å². The molecule has 0 bridgehead atoms. The predicted octanol–water partition coefficient (Wildman–Crippen LogP) is 6.32. The maximum atomic E-state index is 13.2. The van der Waals surface area contributed by atoms with Gasteiger partial charge in [0.05, 0.1) is 0 Å². The minimum absolute atomic E-state index is 0.0282. The van der Waals surface area contributed by atoms with Gasteiger partial charge in [-0.3, -0.25) is 9.59 Å². The summed E-state index contributed by atoms with van der Waals surface area (Å²) in [5.41, 5.74) is 3.31. The number of carbonyl (C=O) groups excluding carboxylic acids is 2. The molecule has 5 aromatic rings. The van der Waals surface area contributed by atoms with Crippen LogP contribution in [0.2, 0.25) is 0 Å². The van der Waals surface area contributed by atoms with Gasteiger partial charge in [0.2, 0.25) is 0 Å². The summed E-state index contributed by atoms with van der Waals surface area (Å²) < 4.78 is 11.6. The van der Waals surface area contributed by atoms with Crippen molar-refractivity contribution in [1.29, 1.82) is 0 Å². The lowest BCUT2D eigenvalue weighted by atomic mass is 10.0. The highest BCUT2D eigenvalue weighted by Gasteiger charge is 2.25. The van der Waals surface area contributed by atoms with Gasteiger partial charge in [-0.2, -0.15) is 0 Å². The molecule has 1 aliphatic heterocycles. The van der Waals surface area contributed by atoms with E-state index in [1.807, 2.05) is 108 Å². The molecule has 0 spiro atoms. The topological polar surface area (TPSA) is 71.8 Å². The summed E-state index contributed by atoms with van der Waals surface area (Å²) in [6, 6.07) is 32.7. The number of fused-ring (bicyclic) bond motifs is 2. The second-order valence-electron chi connectivity index (χ2n) is 9.32. The normalized spacial score (nSPS) is 12.7. The first-order valence-electron chi connectivity index (χ1n) is 12.6. The smallest absolute Gasteiger partial charge is 0.262 e. The molecular formula is C32H26N2O4. The molecule has 1 aliphatic rings. The molecule has 6 nitrogen and oxygen atoms in total. The first-order chi connectivity index (χ1) is 18.6. The number of nitrogens with one attached hydrogen (secondary N) is 1. The Balaban J connectivity index is 1.10. The fourth-order valence-corrected chi connectivity index (χ4v) is 4.73. The molecule has 188 valence electrons. The molecule has 0 aliphatic carbocycles. The van der Waals surface area contributed by atoms with Gasteiger partial charge in [-0.25, -0.2) is 0 Å². The van der Waals surface area contributed by atoms with Gasteiger partial charge in [0, 0.05) is 41.9 Å². The van der Waals surface area contributed by atoms with E-state index >= 15 is 0 Å². The molecule has 38 heavy (non-hydrogen) atoms. The van der Waals surface area contributed by atoms with Crippen LogP contribution in [0, 0.1) is 0 Å². The Labute approximate surface area is 220 Å². The van der Waals surface area contributed by atoms with Crippen LogP contribution in [0.5, 0.6) is 5.75 Å². The largest absolute Gasteiger partial charge is 0.484 e. The average molecular weight is 503 g/mol. The third kappa shape index (κ3) is 5.02. The Morgan fingerprint density at radius 1 is 0.842 bits per heavy atom. The van der Waals surface area contributed by atoms with Crippen LogP contribution in [-0.2, 0) is 17.8 Å². The minimum Gasteiger partial charge on any atom is -0.484 e. The number of furan rings is 1. The number of nitrogens with zero attached hydrogens (tertiary/aromatic N) is 1. The van der Waals surface area contributed by atoms with Gasteiger partial charge in [0.15, 0.2) is 6.61 Å². The Bertz CT molecular complexity index is 1610. The van der Waals surface area contributed by atoms with Crippen molar-refractivity contribution in [2.24, 2.45) is 0 Å². The van der Waals surface area contributed by atoms with Crippen molar-refractivity contribution in [2.75, 3.05) is 18.5 Å². The monoisotopic (exact) mass is 502 g/mol. The van der Waals surface area contributed by atoms with E-state index in [0.717, 1.165) is 33.4 Å². The molecule has 0 fully saturated rings. The van der Waals surface area contributed by atoms with E-state index < -0.39 is 0 Å². The number of amides is 2. The number of carbonyl (C=O) groups is 2. The molecule has 0 atom stereocenters. The Morgan fingerprint density at radius 3 is 2.42 bits per heavy atom. The molecular weight excluding hydrogens is 476 g/mol. The Morgan fingerprint density at radius 2 is 1.61 bits per heavy atom. The van der Waals surface area contributed by atoms with Crippen LogP contribution in [0.4, 0.5) is 5.69 Å². The molecule has 0 saturated carbocycles. The van der Waals surface area contributed by atoms with Gasteiger partial charge < -0.3 is 19.4 Å². The van der Waals surface area contributed by atoms with Crippen molar-refractivity contribution < 1.29 is 18.7 Å². The number of hydrogen-bond acceptors (Lipinski definition) is 4. The van der Waals surface area contributed by atoms with Crippen LogP contribution in [0.3, 0.4) is 0 Å². The zero-order valence-corrected chi connectivity index (χ0v) is 20.7. The van der Waals surface area contributed by atoms with Crippen molar-refractivity contribution in [2.45, 2.75) is 13.0 Å². The third-order valence-electron chi connectivity index (χ3n) is 6.72. The van der Waals surface area contributed by atoms with E-state index in [1.54, 1.807) is 0 Å². The second-order valence-corrected chi connectivity index (χ2v) is 9.32. The lowest BCUT2D eigenvalue weighted by molar-refractivity contribution is -0.118. The van der Waals surface area contributed by atoms with Crippen molar-refractivity contribution >= 4 is 28.3 Å². The van der Waals surface area contributed by atoms with Crippen LogP contribution < -0.4 is 10.1 Å². The zero-order chi connectivity index (χ0) is 25.9. The average Bonchev–Trinajstić information content (AvgIpc) is 3.40. The molecule has 0 saturated heterocycles. The molecule has 1 aromatic heterocycles. The quantitative estimate of drug-likeness (QED) is 0.295. The molecule has 0 radical (unpaired) electrons. The summed E-state index contributed by atoms with van der Waals surface area (Å²) in [5, 5.41) is 5.03. The van der Waals surface area contributed by atoms with E-state index in [2.05, 4.69) is 5.32 Å². The highest BCUT2D eigenvalue weighted by molar-refractivity contribution is 5.98. The summed E-state index contributed by atoms with van der Waals surface area (Å²) in [7, 11) is 0. The highest BCUT2D eigenvalue weighted by Crippen LogP contribution is 2.31. The van der Waals surface area contributed by atoms with Gasteiger partial charge in [0.25, 0.3) is 11.8 Å². The lowest BCUT2D eigenvalue weighted by Gasteiger charge is -2.26. The van der Waals surface area contributed by atoms with Gasteiger partial charge >= 0.3 is 0 Å². The fraction of sp³-hybridized carbons (Fsp3) is 0.125. The third-order valence-corrected chi connectivity index (χ3v) is 6.72. The summed E-state index contributed by atoms with van der Waals surface area (Å²) in [4.78, 5) is 27.4. The SMILES string of the molecule is O=C(COc1ccccc1)Nc1ccc(-c2cc3c(o2)CCN(C(=O)c2ccc4ccccc4c2)C3)cc1. The summed E-state index contributed by atoms with van der Waals surface area (Å²) in [5.74, 6) is 2.11. The fourth-order valence-electron chi connectivity index (χ4n) is 4.73.